The number of benzene rings is 1. The van der Waals surface area contributed by atoms with Gasteiger partial charge in [-0.3, -0.25) is 0 Å². The van der Waals surface area contributed by atoms with Crippen LogP contribution in [0.25, 0.3) is 0 Å². The third kappa shape index (κ3) is 3.39. The molecule has 1 heterocycles. The van der Waals surface area contributed by atoms with E-state index in [1.165, 1.54) is 5.56 Å². The quantitative estimate of drug-likeness (QED) is 0.712. The zero-order chi connectivity index (χ0) is 11.1. The number of pyridine rings is 1. The Morgan fingerprint density at radius 1 is 0.938 bits per heavy atom. The first-order chi connectivity index (χ1) is 7.95. The molecule has 1 aromatic carbocycles. The van der Waals surface area contributed by atoms with Crippen molar-refractivity contribution in [3.8, 4) is 5.88 Å². The van der Waals surface area contributed by atoms with Gasteiger partial charge in [0, 0.05) is 12.3 Å². The minimum absolute atomic E-state index is 0.704. The summed E-state index contributed by atoms with van der Waals surface area (Å²) in [5, 5.41) is 0. The number of aromatic nitrogens is 1. The van der Waals surface area contributed by atoms with Crippen molar-refractivity contribution in [3.63, 3.8) is 0 Å². The maximum atomic E-state index is 5.52. The van der Waals surface area contributed by atoms with Gasteiger partial charge in [-0.2, -0.15) is 0 Å². The number of nitrogens with zero attached hydrogens (tertiary/aromatic N) is 1. The van der Waals surface area contributed by atoms with E-state index in [0.717, 1.165) is 12.8 Å². The largest absolute Gasteiger partial charge is 0.478 e. The Bertz CT molecular complexity index is 358. The average Bonchev–Trinajstić information content (AvgIpc) is 2.37. The Balaban J connectivity index is 1.70. The van der Waals surface area contributed by atoms with Crippen LogP contribution in [0.1, 0.15) is 12.0 Å². The van der Waals surface area contributed by atoms with Gasteiger partial charge in [0.2, 0.25) is 5.88 Å². The standard InChI is InChI=1S/C14H15NO/c1-2-7-13(8-3-1)9-6-12-16-14-10-4-5-11-15-14/h1-5,7-8,10-11H,6,9,12H2. The second-order valence-corrected chi connectivity index (χ2v) is 3.61. The summed E-state index contributed by atoms with van der Waals surface area (Å²) in [4.78, 5) is 4.10. The molecule has 0 aliphatic rings. The van der Waals surface area contributed by atoms with Crippen molar-refractivity contribution < 1.29 is 4.74 Å². The predicted octanol–water partition coefficient (Wildman–Crippen LogP) is 3.09. The van der Waals surface area contributed by atoms with Crippen LogP contribution < -0.4 is 4.74 Å². The lowest BCUT2D eigenvalue weighted by Gasteiger charge is -2.04. The fourth-order valence-electron chi connectivity index (χ4n) is 1.53. The maximum absolute atomic E-state index is 5.52. The van der Waals surface area contributed by atoms with Crippen LogP contribution in [0.5, 0.6) is 5.88 Å². The number of aryl methyl sites for hydroxylation is 1. The summed E-state index contributed by atoms with van der Waals surface area (Å²) in [6.07, 6.45) is 3.81. The third-order valence-electron chi connectivity index (χ3n) is 2.34. The summed E-state index contributed by atoms with van der Waals surface area (Å²) in [5.74, 6) is 0.704. The van der Waals surface area contributed by atoms with E-state index < -0.39 is 0 Å². The van der Waals surface area contributed by atoms with Gasteiger partial charge in [0.1, 0.15) is 0 Å². The Morgan fingerprint density at radius 3 is 2.50 bits per heavy atom. The molecular weight excluding hydrogens is 198 g/mol. The molecule has 82 valence electrons. The molecule has 16 heavy (non-hydrogen) atoms. The van der Waals surface area contributed by atoms with Crippen LogP contribution in [-0.4, -0.2) is 11.6 Å². The van der Waals surface area contributed by atoms with Crippen LogP contribution >= 0.6 is 0 Å². The normalized spacial score (nSPS) is 10.0. The van der Waals surface area contributed by atoms with Crippen molar-refractivity contribution in [1.29, 1.82) is 0 Å². The van der Waals surface area contributed by atoms with E-state index in [1.807, 2.05) is 24.3 Å². The van der Waals surface area contributed by atoms with Gasteiger partial charge in [0.25, 0.3) is 0 Å². The Kier molecular flexibility index (Phi) is 3.94. The van der Waals surface area contributed by atoms with Gasteiger partial charge >= 0.3 is 0 Å². The summed E-state index contributed by atoms with van der Waals surface area (Å²) < 4.78 is 5.52. The van der Waals surface area contributed by atoms with Crippen LogP contribution in [0.4, 0.5) is 0 Å². The van der Waals surface area contributed by atoms with Crippen molar-refractivity contribution in [3.05, 3.63) is 60.3 Å². The molecule has 2 rings (SSSR count). The van der Waals surface area contributed by atoms with E-state index in [0.29, 0.717) is 12.5 Å². The highest BCUT2D eigenvalue weighted by Gasteiger charge is 1.94. The number of hydrogen-bond donors (Lipinski definition) is 0. The second-order valence-electron chi connectivity index (χ2n) is 3.61. The molecular formula is C14H15NO. The van der Waals surface area contributed by atoms with Gasteiger partial charge in [0.05, 0.1) is 6.61 Å². The summed E-state index contributed by atoms with van der Waals surface area (Å²) in [7, 11) is 0. The van der Waals surface area contributed by atoms with Crippen LogP contribution in [-0.2, 0) is 6.42 Å². The van der Waals surface area contributed by atoms with Gasteiger partial charge < -0.3 is 4.74 Å². The molecule has 0 aliphatic heterocycles. The Labute approximate surface area is 95.9 Å². The maximum Gasteiger partial charge on any atom is 0.213 e. The van der Waals surface area contributed by atoms with Crippen molar-refractivity contribution in [2.45, 2.75) is 12.8 Å². The van der Waals surface area contributed by atoms with Crippen molar-refractivity contribution >= 4 is 0 Å². The molecule has 1 aromatic heterocycles. The van der Waals surface area contributed by atoms with Crippen LogP contribution in [0.2, 0.25) is 0 Å². The minimum atomic E-state index is 0.704. The van der Waals surface area contributed by atoms with Crippen molar-refractivity contribution in [2.24, 2.45) is 0 Å². The number of hydrogen-bond acceptors (Lipinski definition) is 2. The topological polar surface area (TPSA) is 22.1 Å². The highest BCUT2D eigenvalue weighted by atomic mass is 16.5. The monoisotopic (exact) mass is 213 g/mol. The zero-order valence-corrected chi connectivity index (χ0v) is 9.17. The van der Waals surface area contributed by atoms with Crippen molar-refractivity contribution in [1.82, 2.24) is 4.98 Å². The van der Waals surface area contributed by atoms with Crippen LogP contribution in [0.3, 0.4) is 0 Å². The summed E-state index contributed by atoms with van der Waals surface area (Å²) >= 11 is 0. The second kappa shape index (κ2) is 5.91. The molecule has 2 aromatic rings. The molecule has 0 N–H and O–H groups in total. The highest BCUT2D eigenvalue weighted by molar-refractivity contribution is 5.14. The van der Waals surface area contributed by atoms with Gasteiger partial charge in [-0.15, -0.1) is 0 Å². The van der Waals surface area contributed by atoms with Gasteiger partial charge in [-0.05, 0) is 24.5 Å². The lowest BCUT2D eigenvalue weighted by Crippen LogP contribution is -2.00. The summed E-state index contributed by atoms with van der Waals surface area (Å²) in [6, 6.07) is 16.1. The minimum Gasteiger partial charge on any atom is -0.478 e. The lowest BCUT2D eigenvalue weighted by atomic mass is 10.1. The van der Waals surface area contributed by atoms with Gasteiger partial charge in [-0.1, -0.05) is 36.4 Å². The van der Waals surface area contributed by atoms with E-state index in [2.05, 4.69) is 29.2 Å². The lowest BCUT2D eigenvalue weighted by molar-refractivity contribution is 0.299. The smallest absolute Gasteiger partial charge is 0.213 e. The van der Waals surface area contributed by atoms with E-state index >= 15 is 0 Å². The van der Waals surface area contributed by atoms with E-state index in [4.69, 9.17) is 4.74 Å². The molecule has 0 spiro atoms. The average molecular weight is 213 g/mol. The molecule has 0 atom stereocenters. The fraction of sp³-hybridized carbons (Fsp3) is 0.214. The fourth-order valence-corrected chi connectivity index (χ4v) is 1.53. The molecule has 2 heteroatoms. The molecule has 0 fully saturated rings. The highest BCUT2D eigenvalue weighted by Crippen LogP contribution is 2.06. The Morgan fingerprint density at radius 2 is 1.75 bits per heavy atom. The first-order valence-corrected chi connectivity index (χ1v) is 5.53. The third-order valence-corrected chi connectivity index (χ3v) is 2.34. The SMILES string of the molecule is c1ccc(CCCOc2ccccn2)cc1. The van der Waals surface area contributed by atoms with E-state index in [9.17, 15) is 0 Å². The van der Waals surface area contributed by atoms with Gasteiger partial charge in [0.15, 0.2) is 0 Å². The van der Waals surface area contributed by atoms with E-state index in [1.54, 1.807) is 6.20 Å². The van der Waals surface area contributed by atoms with Crippen LogP contribution in [0.15, 0.2) is 54.7 Å². The molecule has 2 nitrogen and oxygen atoms in total. The summed E-state index contributed by atoms with van der Waals surface area (Å²) in [5.41, 5.74) is 1.35. The Hall–Kier alpha value is -1.83. The number of ether oxygens (including phenoxy) is 1. The molecule has 0 unspecified atom stereocenters. The van der Waals surface area contributed by atoms with E-state index in [-0.39, 0.29) is 0 Å². The summed E-state index contributed by atoms with van der Waals surface area (Å²) in [6.45, 7) is 0.714. The molecule has 0 saturated heterocycles. The molecule has 0 bridgehead atoms. The molecule has 0 aliphatic carbocycles. The first-order valence-electron chi connectivity index (χ1n) is 5.53. The van der Waals surface area contributed by atoms with Gasteiger partial charge in [-0.25, -0.2) is 4.98 Å². The number of rotatable bonds is 5. The zero-order valence-electron chi connectivity index (χ0n) is 9.17. The molecule has 0 saturated carbocycles. The molecule has 0 radical (unpaired) electrons. The first kappa shape index (κ1) is 10.7. The molecule has 0 amide bonds. The predicted molar refractivity (Wildman–Crippen MR) is 64.5 cm³/mol. The van der Waals surface area contributed by atoms with Crippen LogP contribution in [0, 0.1) is 0 Å². The van der Waals surface area contributed by atoms with Crippen molar-refractivity contribution in [2.75, 3.05) is 6.61 Å².